The van der Waals surface area contributed by atoms with E-state index in [2.05, 4.69) is 4.98 Å². The second kappa shape index (κ2) is 5.38. The van der Waals surface area contributed by atoms with Gasteiger partial charge in [0, 0.05) is 11.8 Å². The van der Waals surface area contributed by atoms with Crippen molar-refractivity contribution in [2.24, 2.45) is 0 Å². The van der Waals surface area contributed by atoms with Gasteiger partial charge in [-0.15, -0.1) is 0 Å². The van der Waals surface area contributed by atoms with E-state index in [0.29, 0.717) is 23.5 Å². The SMILES string of the molecule is Cc1cc(=O)n(Cc2ccc(B(O)O)cc2)c(C)n1. The summed E-state index contributed by atoms with van der Waals surface area (Å²) in [6, 6.07) is 8.28. The van der Waals surface area contributed by atoms with Gasteiger partial charge in [-0.25, -0.2) is 4.98 Å². The normalized spacial score (nSPS) is 10.5. The molecule has 2 aromatic rings. The van der Waals surface area contributed by atoms with E-state index in [9.17, 15) is 4.79 Å². The van der Waals surface area contributed by atoms with Gasteiger partial charge in [0.1, 0.15) is 5.82 Å². The van der Waals surface area contributed by atoms with Crippen molar-refractivity contribution in [2.45, 2.75) is 20.4 Å². The molecule has 2 rings (SSSR count). The number of hydrogen-bond donors (Lipinski definition) is 2. The molecule has 19 heavy (non-hydrogen) atoms. The van der Waals surface area contributed by atoms with Crippen LogP contribution in [0.1, 0.15) is 17.1 Å². The van der Waals surface area contributed by atoms with Crippen molar-refractivity contribution in [2.75, 3.05) is 0 Å². The molecule has 0 bridgehead atoms. The highest BCUT2D eigenvalue weighted by atomic mass is 16.4. The minimum absolute atomic E-state index is 0.0868. The van der Waals surface area contributed by atoms with Gasteiger partial charge in [-0.1, -0.05) is 24.3 Å². The Morgan fingerprint density at radius 1 is 1.21 bits per heavy atom. The molecule has 98 valence electrons. The zero-order valence-corrected chi connectivity index (χ0v) is 10.9. The third-order valence-corrected chi connectivity index (χ3v) is 2.95. The maximum absolute atomic E-state index is 11.9. The van der Waals surface area contributed by atoms with E-state index in [1.165, 1.54) is 6.07 Å². The number of hydrogen-bond acceptors (Lipinski definition) is 4. The number of nitrogens with zero attached hydrogens (tertiary/aromatic N) is 2. The molecule has 6 heteroatoms. The highest BCUT2D eigenvalue weighted by molar-refractivity contribution is 6.58. The fourth-order valence-corrected chi connectivity index (χ4v) is 1.93. The smallest absolute Gasteiger partial charge is 0.423 e. The second-order valence-electron chi connectivity index (χ2n) is 4.48. The van der Waals surface area contributed by atoms with Crippen molar-refractivity contribution in [3.63, 3.8) is 0 Å². The summed E-state index contributed by atoms with van der Waals surface area (Å²) in [7, 11) is -1.47. The van der Waals surface area contributed by atoms with Crippen molar-refractivity contribution in [3.05, 3.63) is 57.8 Å². The molecule has 0 spiro atoms. The largest absolute Gasteiger partial charge is 0.488 e. The molecule has 0 fully saturated rings. The topological polar surface area (TPSA) is 75.4 Å². The molecule has 0 saturated carbocycles. The van der Waals surface area contributed by atoms with Crippen LogP contribution in [-0.4, -0.2) is 26.7 Å². The Morgan fingerprint density at radius 3 is 2.37 bits per heavy atom. The van der Waals surface area contributed by atoms with E-state index in [0.717, 1.165) is 5.56 Å². The molecule has 0 radical (unpaired) electrons. The van der Waals surface area contributed by atoms with Gasteiger partial charge in [0.2, 0.25) is 0 Å². The lowest BCUT2D eigenvalue weighted by molar-refractivity contribution is 0.426. The van der Waals surface area contributed by atoms with Crippen LogP contribution in [0.25, 0.3) is 0 Å². The van der Waals surface area contributed by atoms with Crippen LogP contribution in [0.2, 0.25) is 0 Å². The predicted octanol–water partition coefficient (Wildman–Crippen LogP) is -0.412. The summed E-state index contributed by atoms with van der Waals surface area (Å²) < 4.78 is 1.58. The van der Waals surface area contributed by atoms with Crippen LogP contribution in [0, 0.1) is 13.8 Å². The molecule has 1 aromatic heterocycles. The molecule has 5 nitrogen and oxygen atoms in total. The van der Waals surface area contributed by atoms with Gasteiger partial charge >= 0.3 is 7.12 Å². The molecule has 0 aliphatic rings. The Hall–Kier alpha value is -1.92. The summed E-state index contributed by atoms with van der Waals surface area (Å²) in [5.41, 5.74) is 1.95. The van der Waals surface area contributed by atoms with Crippen LogP contribution in [0.5, 0.6) is 0 Å². The summed E-state index contributed by atoms with van der Waals surface area (Å²) in [4.78, 5) is 16.1. The van der Waals surface area contributed by atoms with Crippen molar-refractivity contribution in [1.29, 1.82) is 0 Å². The molecule has 0 aliphatic carbocycles. The molecule has 0 aliphatic heterocycles. The standard InChI is InChI=1S/C13H15BN2O3/c1-9-7-13(17)16(10(2)15-9)8-11-3-5-12(6-4-11)14(18)19/h3-7,18-19H,8H2,1-2H3. The first kappa shape index (κ1) is 13.5. The van der Waals surface area contributed by atoms with E-state index in [1.807, 2.05) is 0 Å². The summed E-state index contributed by atoms with van der Waals surface area (Å²) in [6.45, 7) is 4.00. The molecule has 0 atom stereocenters. The maximum atomic E-state index is 11.9. The van der Waals surface area contributed by atoms with E-state index in [-0.39, 0.29) is 5.56 Å². The molecule has 0 amide bonds. The summed E-state index contributed by atoms with van der Waals surface area (Å²) >= 11 is 0. The van der Waals surface area contributed by atoms with Gasteiger partial charge in [0.05, 0.1) is 6.54 Å². The molecule has 1 heterocycles. The zero-order chi connectivity index (χ0) is 14.0. The van der Waals surface area contributed by atoms with Gasteiger partial charge in [0.15, 0.2) is 0 Å². The number of aromatic nitrogens is 2. The lowest BCUT2D eigenvalue weighted by Gasteiger charge is -2.10. The van der Waals surface area contributed by atoms with Gasteiger partial charge in [-0.2, -0.15) is 0 Å². The molecular weight excluding hydrogens is 243 g/mol. The van der Waals surface area contributed by atoms with Crippen LogP contribution >= 0.6 is 0 Å². The van der Waals surface area contributed by atoms with Gasteiger partial charge < -0.3 is 10.0 Å². The lowest BCUT2D eigenvalue weighted by Crippen LogP contribution is -2.29. The van der Waals surface area contributed by atoms with E-state index in [1.54, 1.807) is 42.7 Å². The second-order valence-corrected chi connectivity index (χ2v) is 4.48. The average molecular weight is 258 g/mol. The van der Waals surface area contributed by atoms with Crippen LogP contribution < -0.4 is 11.0 Å². The quantitative estimate of drug-likeness (QED) is 0.734. The van der Waals surface area contributed by atoms with Crippen LogP contribution in [0.15, 0.2) is 35.1 Å². The van der Waals surface area contributed by atoms with Gasteiger partial charge in [0.25, 0.3) is 5.56 Å². The lowest BCUT2D eigenvalue weighted by atomic mass is 9.80. The van der Waals surface area contributed by atoms with Crippen LogP contribution in [0.3, 0.4) is 0 Å². The number of aryl methyl sites for hydroxylation is 2. The predicted molar refractivity (Wildman–Crippen MR) is 73.3 cm³/mol. The minimum atomic E-state index is -1.47. The summed E-state index contributed by atoms with van der Waals surface area (Å²) in [5.74, 6) is 0.663. The third-order valence-electron chi connectivity index (χ3n) is 2.95. The Bertz CT molecular complexity index is 635. The van der Waals surface area contributed by atoms with Gasteiger partial charge in [-0.3, -0.25) is 9.36 Å². The van der Waals surface area contributed by atoms with E-state index < -0.39 is 7.12 Å². The average Bonchev–Trinajstić information content (AvgIpc) is 2.34. The van der Waals surface area contributed by atoms with Crippen molar-refractivity contribution >= 4 is 12.6 Å². The van der Waals surface area contributed by atoms with Crippen molar-refractivity contribution in [1.82, 2.24) is 9.55 Å². The zero-order valence-electron chi connectivity index (χ0n) is 10.9. The molecule has 1 aromatic carbocycles. The summed E-state index contributed by atoms with van der Waals surface area (Å²) in [6.07, 6.45) is 0. The Kier molecular flexibility index (Phi) is 3.83. The number of benzene rings is 1. The van der Waals surface area contributed by atoms with E-state index in [4.69, 9.17) is 10.0 Å². The maximum Gasteiger partial charge on any atom is 0.488 e. The minimum Gasteiger partial charge on any atom is -0.423 e. The highest BCUT2D eigenvalue weighted by Crippen LogP contribution is 2.02. The number of rotatable bonds is 3. The first-order chi connectivity index (χ1) is 8.97. The molecule has 0 saturated heterocycles. The highest BCUT2D eigenvalue weighted by Gasteiger charge is 2.10. The fraction of sp³-hybridized carbons (Fsp3) is 0.231. The van der Waals surface area contributed by atoms with Gasteiger partial charge in [-0.05, 0) is 24.9 Å². The van der Waals surface area contributed by atoms with Crippen molar-refractivity contribution in [3.8, 4) is 0 Å². The fourth-order valence-electron chi connectivity index (χ4n) is 1.93. The summed E-state index contributed by atoms with van der Waals surface area (Å²) in [5, 5.41) is 18.0. The first-order valence-corrected chi connectivity index (χ1v) is 5.97. The third kappa shape index (κ3) is 3.10. The molecule has 2 N–H and O–H groups in total. The van der Waals surface area contributed by atoms with Crippen LogP contribution in [-0.2, 0) is 6.54 Å². The van der Waals surface area contributed by atoms with Crippen LogP contribution in [0.4, 0.5) is 0 Å². The first-order valence-electron chi connectivity index (χ1n) is 5.97. The molecule has 0 unspecified atom stereocenters. The Labute approximate surface area is 111 Å². The van der Waals surface area contributed by atoms with E-state index >= 15 is 0 Å². The Balaban J connectivity index is 2.29. The molecular formula is C13H15BN2O3. The monoisotopic (exact) mass is 258 g/mol. The van der Waals surface area contributed by atoms with Crippen molar-refractivity contribution < 1.29 is 10.0 Å². The Morgan fingerprint density at radius 2 is 1.84 bits per heavy atom.